The first kappa shape index (κ1) is 11.8. The third-order valence-electron chi connectivity index (χ3n) is 2.06. The van der Waals surface area contributed by atoms with Gasteiger partial charge in [-0.2, -0.15) is 0 Å². The lowest BCUT2D eigenvalue weighted by Crippen LogP contribution is -2.12. The number of aromatic nitrogens is 2. The average Bonchev–Trinajstić information content (AvgIpc) is 2.32. The molecule has 4 N–H and O–H groups in total. The molecule has 7 heteroatoms. The number of anilines is 1. The summed E-state index contributed by atoms with van der Waals surface area (Å²) >= 11 is 0. The molecule has 0 radical (unpaired) electrons. The Hall–Kier alpha value is -2.70. The molecule has 0 aliphatic rings. The summed E-state index contributed by atoms with van der Waals surface area (Å²) in [4.78, 5) is 18.4. The second-order valence-electron chi connectivity index (χ2n) is 3.41. The summed E-state index contributed by atoms with van der Waals surface area (Å²) in [6, 6.07) is 3.67. The fourth-order valence-electron chi connectivity index (χ4n) is 1.24. The Morgan fingerprint density at radius 1 is 1.28 bits per heavy atom. The van der Waals surface area contributed by atoms with E-state index in [-0.39, 0.29) is 17.3 Å². The standard InChI is InChI=1S/C11H9FN4O2/c12-9-3-7(1-2-8(9)10(14)17)18-11-15-4-6(13)5-16-11/h1-5H,13H2,(H2,14,17). The predicted octanol–water partition coefficient (Wildman–Crippen LogP) is 1.09. The molecule has 92 valence electrons. The minimum Gasteiger partial charge on any atom is -0.424 e. The van der Waals surface area contributed by atoms with Crippen molar-refractivity contribution >= 4 is 11.6 Å². The number of nitrogens with zero attached hydrogens (tertiary/aromatic N) is 2. The van der Waals surface area contributed by atoms with E-state index >= 15 is 0 Å². The Morgan fingerprint density at radius 2 is 1.94 bits per heavy atom. The maximum Gasteiger partial charge on any atom is 0.322 e. The van der Waals surface area contributed by atoms with Crippen molar-refractivity contribution in [2.75, 3.05) is 5.73 Å². The van der Waals surface area contributed by atoms with Crippen molar-refractivity contribution in [3.05, 3.63) is 42.0 Å². The number of nitrogen functional groups attached to an aromatic ring is 1. The van der Waals surface area contributed by atoms with E-state index in [0.29, 0.717) is 5.69 Å². The Labute approximate surface area is 101 Å². The van der Waals surface area contributed by atoms with E-state index in [0.717, 1.165) is 6.07 Å². The molecule has 0 unspecified atom stereocenters. The second-order valence-corrected chi connectivity index (χ2v) is 3.41. The number of amides is 1. The van der Waals surface area contributed by atoms with Crippen molar-refractivity contribution in [2.24, 2.45) is 5.73 Å². The molecule has 0 aliphatic carbocycles. The lowest BCUT2D eigenvalue weighted by molar-refractivity contribution is 0.0996. The van der Waals surface area contributed by atoms with Crippen LogP contribution in [0.4, 0.5) is 10.1 Å². The molecule has 18 heavy (non-hydrogen) atoms. The van der Waals surface area contributed by atoms with Crippen LogP contribution in [0.5, 0.6) is 11.8 Å². The van der Waals surface area contributed by atoms with E-state index in [2.05, 4.69) is 9.97 Å². The molecular formula is C11H9FN4O2. The normalized spacial score (nSPS) is 10.1. The zero-order valence-electron chi connectivity index (χ0n) is 9.13. The molecule has 0 atom stereocenters. The minimum atomic E-state index is -0.845. The molecule has 0 aliphatic heterocycles. The van der Waals surface area contributed by atoms with Crippen molar-refractivity contribution in [1.29, 1.82) is 0 Å². The summed E-state index contributed by atoms with van der Waals surface area (Å²) in [6.07, 6.45) is 2.72. The number of halogens is 1. The first-order chi connectivity index (χ1) is 8.56. The maximum absolute atomic E-state index is 13.4. The Balaban J connectivity index is 2.22. The number of benzene rings is 1. The SMILES string of the molecule is NC(=O)c1ccc(Oc2ncc(N)cn2)cc1F. The van der Waals surface area contributed by atoms with Crippen molar-refractivity contribution in [3.8, 4) is 11.8 Å². The smallest absolute Gasteiger partial charge is 0.322 e. The third kappa shape index (κ3) is 2.51. The first-order valence-corrected chi connectivity index (χ1v) is 4.91. The summed E-state index contributed by atoms with van der Waals surface area (Å²) in [5, 5.41) is 0. The maximum atomic E-state index is 13.4. The molecule has 1 heterocycles. The van der Waals surface area contributed by atoms with Crippen LogP contribution >= 0.6 is 0 Å². The van der Waals surface area contributed by atoms with E-state index in [9.17, 15) is 9.18 Å². The van der Waals surface area contributed by atoms with Gasteiger partial charge in [-0.3, -0.25) is 4.79 Å². The summed E-state index contributed by atoms with van der Waals surface area (Å²) in [7, 11) is 0. The zero-order valence-corrected chi connectivity index (χ0v) is 9.13. The zero-order chi connectivity index (χ0) is 13.1. The van der Waals surface area contributed by atoms with Gasteiger partial charge in [0.15, 0.2) is 0 Å². The largest absolute Gasteiger partial charge is 0.424 e. The van der Waals surface area contributed by atoms with Crippen LogP contribution in [-0.2, 0) is 0 Å². The van der Waals surface area contributed by atoms with Crippen LogP contribution in [0.25, 0.3) is 0 Å². The number of nitrogens with two attached hydrogens (primary N) is 2. The van der Waals surface area contributed by atoms with Gasteiger partial charge in [0.1, 0.15) is 11.6 Å². The van der Waals surface area contributed by atoms with Gasteiger partial charge in [0.2, 0.25) is 0 Å². The van der Waals surface area contributed by atoms with E-state index in [1.165, 1.54) is 24.5 Å². The van der Waals surface area contributed by atoms with Gasteiger partial charge in [-0.25, -0.2) is 14.4 Å². The highest BCUT2D eigenvalue weighted by atomic mass is 19.1. The summed E-state index contributed by atoms with van der Waals surface area (Å²) < 4.78 is 18.6. The van der Waals surface area contributed by atoms with Crippen LogP contribution in [0.15, 0.2) is 30.6 Å². The highest BCUT2D eigenvalue weighted by Gasteiger charge is 2.10. The van der Waals surface area contributed by atoms with Crippen LogP contribution in [-0.4, -0.2) is 15.9 Å². The van der Waals surface area contributed by atoms with E-state index in [1.807, 2.05) is 0 Å². The molecule has 0 bridgehead atoms. The van der Waals surface area contributed by atoms with E-state index in [4.69, 9.17) is 16.2 Å². The van der Waals surface area contributed by atoms with E-state index in [1.54, 1.807) is 0 Å². The fourth-order valence-corrected chi connectivity index (χ4v) is 1.24. The highest BCUT2D eigenvalue weighted by molar-refractivity contribution is 5.93. The topological polar surface area (TPSA) is 104 Å². The van der Waals surface area contributed by atoms with Crippen LogP contribution in [0.1, 0.15) is 10.4 Å². The molecule has 2 rings (SSSR count). The molecule has 1 aromatic heterocycles. The highest BCUT2D eigenvalue weighted by Crippen LogP contribution is 2.20. The first-order valence-electron chi connectivity index (χ1n) is 4.91. The monoisotopic (exact) mass is 248 g/mol. The van der Waals surface area contributed by atoms with Gasteiger partial charge in [0.25, 0.3) is 5.91 Å². The number of primary amides is 1. The Morgan fingerprint density at radius 3 is 2.50 bits per heavy atom. The number of carbonyl (C=O) groups excluding carboxylic acids is 1. The molecule has 0 saturated carbocycles. The molecule has 6 nitrogen and oxygen atoms in total. The predicted molar refractivity (Wildman–Crippen MR) is 61.4 cm³/mol. The van der Waals surface area contributed by atoms with E-state index < -0.39 is 11.7 Å². The van der Waals surface area contributed by atoms with Crippen LogP contribution in [0, 0.1) is 5.82 Å². The third-order valence-corrected chi connectivity index (χ3v) is 2.06. The number of ether oxygens (including phenoxy) is 1. The van der Waals surface area contributed by atoms with Crippen LogP contribution in [0.3, 0.4) is 0 Å². The van der Waals surface area contributed by atoms with Crippen molar-refractivity contribution in [2.45, 2.75) is 0 Å². The van der Waals surface area contributed by atoms with Gasteiger partial charge < -0.3 is 16.2 Å². The van der Waals surface area contributed by atoms with Gasteiger partial charge in [0, 0.05) is 6.07 Å². The number of hydrogen-bond donors (Lipinski definition) is 2. The number of rotatable bonds is 3. The summed E-state index contributed by atoms with van der Waals surface area (Å²) in [5.41, 5.74) is 10.6. The molecule has 0 fully saturated rings. The lowest BCUT2D eigenvalue weighted by atomic mass is 10.2. The molecule has 1 aromatic carbocycles. The summed E-state index contributed by atoms with van der Waals surface area (Å²) in [6.45, 7) is 0. The van der Waals surface area contributed by atoms with Crippen LogP contribution < -0.4 is 16.2 Å². The molecule has 0 spiro atoms. The van der Waals surface area contributed by atoms with Gasteiger partial charge >= 0.3 is 6.01 Å². The van der Waals surface area contributed by atoms with Gasteiger partial charge in [-0.05, 0) is 12.1 Å². The van der Waals surface area contributed by atoms with Gasteiger partial charge in [-0.1, -0.05) is 0 Å². The second kappa shape index (κ2) is 4.66. The van der Waals surface area contributed by atoms with Crippen molar-refractivity contribution < 1.29 is 13.9 Å². The minimum absolute atomic E-state index is 0.0235. The molecule has 0 saturated heterocycles. The molecular weight excluding hydrogens is 239 g/mol. The Bertz CT molecular complexity index is 586. The van der Waals surface area contributed by atoms with Gasteiger partial charge in [0.05, 0.1) is 23.6 Å². The van der Waals surface area contributed by atoms with Gasteiger partial charge in [-0.15, -0.1) is 0 Å². The van der Waals surface area contributed by atoms with Crippen molar-refractivity contribution in [1.82, 2.24) is 9.97 Å². The lowest BCUT2D eigenvalue weighted by Gasteiger charge is -2.05. The average molecular weight is 248 g/mol. The quantitative estimate of drug-likeness (QED) is 0.845. The van der Waals surface area contributed by atoms with Crippen LogP contribution in [0.2, 0.25) is 0 Å². The molecule has 2 aromatic rings. The Kier molecular flexibility index (Phi) is 3.05. The summed E-state index contributed by atoms with van der Waals surface area (Å²) in [5.74, 6) is -1.46. The molecule has 1 amide bonds. The fraction of sp³-hybridized carbons (Fsp3) is 0. The van der Waals surface area contributed by atoms with Crippen molar-refractivity contribution in [3.63, 3.8) is 0 Å². The number of hydrogen-bond acceptors (Lipinski definition) is 5. The number of carbonyl (C=O) groups is 1.